The number of hydrogen-bond donors (Lipinski definition) is 0. The molecule has 6 heteroatoms. The Bertz CT molecular complexity index is 798. The minimum absolute atomic E-state index is 0.554. The van der Waals surface area contributed by atoms with Gasteiger partial charge in [0, 0.05) is 15.8 Å². The summed E-state index contributed by atoms with van der Waals surface area (Å²) in [5.74, 6) is 2.14. The fourth-order valence-electron chi connectivity index (χ4n) is 2.30. The van der Waals surface area contributed by atoms with Gasteiger partial charge in [0.2, 0.25) is 5.89 Å². The fourth-order valence-corrected chi connectivity index (χ4v) is 3.14. The van der Waals surface area contributed by atoms with Gasteiger partial charge in [0.05, 0.1) is 6.61 Å². The van der Waals surface area contributed by atoms with Gasteiger partial charge in [-0.2, -0.15) is 0 Å². The van der Waals surface area contributed by atoms with Gasteiger partial charge in [0.25, 0.3) is 5.22 Å². The summed E-state index contributed by atoms with van der Waals surface area (Å²) in [6.45, 7) is 4.69. The number of aryl methyl sites for hydroxylation is 2. The van der Waals surface area contributed by atoms with Crippen molar-refractivity contribution in [3.63, 3.8) is 0 Å². The quantitative estimate of drug-likeness (QED) is 0.412. The molecule has 4 nitrogen and oxygen atoms in total. The minimum atomic E-state index is 0.554. The molecule has 0 radical (unpaired) electrons. The zero-order chi connectivity index (χ0) is 16.9. The second-order valence-corrected chi connectivity index (χ2v) is 7.36. The maximum atomic E-state index is 5.73. The van der Waals surface area contributed by atoms with E-state index in [-0.39, 0.29) is 0 Å². The van der Waals surface area contributed by atoms with Gasteiger partial charge in [-0.25, -0.2) is 0 Å². The van der Waals surface area contributed by atoms with Crippen LogP contribution >= 0.6 is 27.7 Å². The molecular formula is C18H17BrN2O2S. The lowest BCUT2D eigenvalue weighted by Crippen LogP contribution is -1.99. The molecule has 0 saturated carbocycles. The number of thioether (sulfide) groups is 1. The van der Waals surface area contributed by atoms with Crippen LogP contribution in [0.2, 0.25) is 0 Å². The lowest BCUT2D eigenvalue weighted by atomic mass is 10.1. The Kier molecular flexibility index (Phi) is 5.58. The first-order chi connectivity index (χ1) is 11.6. The molecule has 0 saturated heterocycles. The normalized spacial score (nSPS) is 10.8. The molecule has 0 bridgehead atoms. The Morgan fingerprint density at radius 2 is 1.75 bits per heavy atom. The van der Waals surface area contributed by atoms with Crippen molar-refractivity contribution in [1.29, 1.82) is 0 Å². The second kappa shape index (κ2) is 7.85. The van der Waals surface area contributed by atoms with Gasteiger partial charge in [0.15, 0.2) is 0 Å². The van der Waals surface area contributed by atoms with E-state index in [0.717, 1.165) is 21.5 Å². The molecule has 0 atom stereocenters. The summed E-state index contributed by atoms with van der Waals surface area (Å²) in [7, 11) is 0. The molecule has 0 amide bonds. The van der Waals surface area contributed by atoms with E-state index in [1.165, 1.54) is 22.9 Å². The summed E-state index contributed by atoms with van der Waals surface area (Å²) in [6.07, 6.45) is 0. The van der Waals surface area contributed by atoms with Gasteiger partial charge in [-0.3, -0.25) is 0 Å². The highest BCUT2D eigenvalue weighted by atomic mass is 79.9. The van der Waals surface area contributed by atoms with E-state index < -0.39 is 0 Å². The van der Waals surface area contributed by atoms with Crippen molar-refractivity contribution in [1.82, 2.24) is 10.2 Å². The van der Waals surface area contributed by atoms with E-state index >= 15 is 0 Å². The highest BCUT2D eigenvalue weighted by molar-refractivity contribution is 9.10. The number of halogens is 1. The molecule has 0 aliphatic rings. The van der Waals surface area contributed by atoms with Gasteiger partial charge >= 0.3 is 0 Å². The fraction of sp³-hybridized carbons (Fsp3) is 0.222. The maximum absolute atomic E-state index is 5.73. The van der Waals surface area contributed by atoms with Gasteiger partial charge in [-0.15, -0.1) is 10.2 Å². The maximum Gasteiger partial charge on any atom is 0.276 e. The third-order valence-corrected chi connectivity index (χ3v) is 4.58. The molecule has 1 heterocycles. The van der Waals surface area contributed by atoms with Crippen LogP contribution in [0.25, 0.3) is 11.5 Å². The van der Waals surface area contributed by atoms with E-state index in [9.17, 15) is 0 Å². The number of aromatic nitrogens is 2. The summed E-state index contributed by atoms with van der Waals surface area (Å²) in [5.41, 5.74) is 3.32. The Labute approximate surface area is 153 Å². The standard InChI is InChI=1S/C18H17BrN2O2S/c1-12-9-13(2)11-14(10-12)17-20-21-18(23-17)24-8-7-22-16-5-3-15(19)4-6-16/h3-6,9-11H,7-8H2,1-2H3. The zero-order valence-electron chi connectivity index (χ0n) is 13.5. The number of rotatable bonds is 6. The summed E-state index contributed by atoms with van der Waals surface area (Å²) < 4.78 is 12.4. The third-order valence-electron chi connectivity index (χ3n) is 3.27. The molecule has 2 aromatic carbocycles. The van der Waals surface area contributed by atoms with Crippen LogP contribution in [0.5, 0.6) is 5.75 Å². The SMILES string of the molecule is Cc1cc(C)cc(-c2nnc(SCCOc3ccc(Br)cc3)o2)c1. The van der Waals surface area contributed by atoms with E-state index in [2.05, 4.69) is 46.0 Å². The van der Waals surface area contributed by atoms with Crippen LogP contribution in [0.1, 0.15) is 11.1 Å². The van der Waals surface area contributed by atoms with Gasteiger partial charge in [0.1, 0.15) is 5.75 Å². The van der Waals surface area contributed by atoms with Crippen LogP contribution < -0.4 is 4.74 Å². The van der Waals surface area contributed by atoms with Crippen LogP contribution in [-0.4, -0.2) is 22.6 Å². The first-order valence-electron chi connectivity index (χ1n) is 7.53. The predicted octanol–water partition coefficient (Wildman–Crippen LogP) is 5.29. The molecule has 3 rings (SSSR count). The lowest BCUT2D eigenvalue weighted by molar-refractivity contribution is 0.343. The molecule has 0 N–H and O–H groups in total. The molecule has 124 valence electrons. The third kappa shape index (κ3) is 4.61. The van der Waals surface area contributed by atoms with E-state index in [1.807, 2.05) is 36.4 Å². The van der Waals surface area contributed by atoms with Gasteiger partial charge < -0.3 is 9.15 Å². The van der Waals surface area contributed by atoms with Crippen molar-refractivity contribution in [2.45, 2.75) is 19.1 Å². The topological polar surface area (TPSA) is 48.2 Å². The minimum Gasteiger partial charge on any atom is -0.493 e. The van der Waals surface area contributed by atoms with Crippen molar-refractivity contribution in [2.24, 2.45) is 0 Å². The monoisotopic (exact) mass is 404 g/mol. The Morgan fingerprint density at radius 1 is 1.04 bits per heavy atom. The predicted molar refractivity (Wildman–Crippen MR) is 99.6 cm³/mol. The van der Waals surface area contributed by atoms with E-state index in [0.29, 0.717) is 17.7 Å². The molecule has 0 fully saturated rings. The Balaban J connectivity index is 1.53. The Morgan fingerprint density at radius 3 is 2.46 bits per heavy atom. The van der Waals surface area contributed by atoms with Crippen LogP contribution in [0.4, 0.5) is 0 Å². The van der Waals surface area contributed by atoms with Crippen molar-refractivity contribution >= 4 is 27.7 Å². The molecular weight excluding hydrogens is 388 g/mol. The van der Waals surface area contributed by atoms with Crippen LogP contribution in [0.15, 0.2) is 56.6 Å². The van der Waals surface area contributed by atoms with Gasteiger partial charge in [-0.05, 0) is 50.2 Å². The molecule has 1 aromatic heterocycles. The summed E-state index contributed by atoms with van der Waals surface area (Å²) in [6, 6.07) is 14.0. The van der Waals surface area contributed by atoms with Crippen molar-refractivity contribution in [2.75, 3.05) is 12.4 Å². The molecule has 0 aliphatic heterocycles. The highest BCUT2D eigenvalue weighted by Gasteiger charge is 2.10. The molecule has 0 spiro atoms. The average Bonchev–Trinajstić information content (AvgIpc) is 3.01. The molecule has 0 aliphatic carbocycles. The van der Waals surface area contributed by atoms with Crippen molar-refractivity contribution < 1.29 is 9.15 Å². The van der Waals surface area contributed by atoms with Gasteiger partial charge in [-0.1, -0.05) is 44.9 Å². The summed E-state index contributed by atoms with van der Waals surface area (Å²) >= 11 is 4.89. The second-order valence-electron chi connectivity index (χ2n) is 5.40. The first kappa shape index (κ1) is 17.0. The van der Waals surface area contributed by atoms with Crippen LogP contribution in [0, 0.1) is 13.8 Å². The average molecular weight is 405 g/mol. The van der Waals surface area contributed by atoms with Crippen LogP contribution in [0.3, 0.4) is 0 Å². The number of benzene rings is 2. The Hall–Kier alpha value is -1.79. The largest absolute Gasteiger partial charge is 0.493 e. The molecule has 24 heavy (non-hydrogen) atoms. The lowest BCUT2D eigenvalue weighted by Gasteiger charge is -2.04. The van der Waals surface area contributed by atoms with Crippen LogP contribution in [-0.2, 0) is 0 Å². The number of hydrogen-bond acceptors (Lipinski definition) is 5. The van der Waals surface area contributed by atoms with E-state index in [4.69, 9.17) is 9.15 Å². The van der Waals surface area contributed by atoms with E-state index in [1.54, 1.807) is 0 Å². The molecule has 0 unspecified atom stereocenters. The van der Waals surface area contributed by atoms with Crippen molar-refractivity contribution in [3.05, 3.63) is 58.1 Å². The molecule has 3 aromatic rings. The first-order valence-corrected chi connectivity index (χ1v) is 9.31. The zero-order valence-corrected chi connectivity index (χ0v) is 15.9. The number of ether oxygens (including phenoxy) is 1. The van der Waals surface area contributed by atoms with Crippen molar-refractivity contribution in [3.8, 4) is 17.2 Å². The summed E-state index contributed by atoms with van der Waals surface area (Å²) in [5, 5.41) is 8.78. The number of nitrogens with zero attached hydrogens (tertiary/aromatic N) is 2. The highest BCUT2D eigenvalue weighted by Crippen LogP contribution is 2.25. The smallest absolute Gasteiger partial charge is 0.276 e. The summed E-state index contributed by atoms with van der Waals surface area (Å²) in [4.78, 5) is 0.